The van der Waals surface area contributed by atoms with Gasteiger partial charge >= 0.3 is 6.18 Å². The zero-order valence-corrected chi connectivity index (χ0v) is 20.6. The van der Waals surface area contributed by atoms with E-state index in [0.717, 1.165) is 57.3 Å². The molecule has 2 amide bonds. The highest BCUT2D eigenvalue weighted by Gasteiger charge is 2.33. The van der Waals surface area contributed by atoms with Gasteiger partial charge < -0.3 is 15.5 Å². The Balaban J connectivity index is 1.16. The van der Waals surface area contributed by atoms with Crippen LogP contribution in [0.4, 0.5) is 13.2 Å². The quantitative estimate of drug-likeness (QED) is 0.544. The number of ketones is 1. The van der Waals surface area contributed by atoms with Gasteiger partial charge in [-0.3, -0.25) is 14.4 Å². The van der Waals surface area contributed by atoms with Crippen LogP contribution in [0.25, 0.3) is 0 Å². The zero-order chi connectivity index (χ0) is 26.4. The van der Waals surface area contributed by atoms with Crippen LogP contribution in [0, 0.1) is 5.92 Å². The maximum Gasteiger partial charge on any atom is 0.416 e. The molecule has 1 saturated carbocycles. The normalized spacial score (nSPS) is 22.4. The van der Waals surface area contributed by atoms with Crippen LogP contribution in [0.5, 0.6) is 0 Å². The fraction of sp³-hybridized carbons (Fsp3) is 0.464. The smallest absolute Gasteiger partial charge is 0.349 e. The molecule has 1 saturated heterocycles. The molecule has 2 fully saturated rings. The first-order chi connectivity index (χ1) is 17.7. The van der Waals surface area contributed by atoms with Crippen LogP contribution in [0.15, 0.2) is 54.6 Å². The van der Waals surface area contributed by atoms with Crippen molar-refractivity contribution in [3.05, 3.63) is 71.3 Å². The Bertz CT molecular complexity index is 1100. The lowest BCUT2D eigenvalue weighted by Crippen LogP contribution is -2.43. The maximum absolute atomic E-state index is 12.9. The summed E-state index contributed by atoms with van der Waals surface area (Å²) in [4.78, 5) is 39.5. The minimum absolute atomic E-state index is 0.0380. The maximum atomic E-state index is 12.9. The monoisotopic (exact) mass is 515 g/mol. The first-order valence-corrected chi connectivity index (χ1v) is 12.8. The van der Waals surface area contributed by atoms with Crippen molar-refractivity contribution in [3.63, 3.8) is 0 Å². The van der Waals surface area contributed by atoms with E-state index in [4.69, 9.17) is 0 Å². The molecule has 198 valence electrons. The Morgan fingerprint density at radius 1 is 0.865 bits per heavy atom. The van der Waals surface area contributed by atoms with Gasteiger partial charge in [-0.05, 0) is 74.9 Å². The van der Waals surface area contributed by atoms with Crippen molar-refractivity contribution in [2.75, 3.05) is 19.6 Å². The van der Waals surface area contributed by atoms with Crippen molar-refractivity contribution in [3.8, 4) is 0 Å². The molecule has 1 heterocycles. The zero-order valence-electron chi connectivity index (χ0n) is 20.6. The number of nitrogens with one attached hydrogen (secondary N) is 2. The third-order valence-corrected chi connectivity index (χ3v) is 7.32. The number of Topliss-reactive ketones (excluding diaryl/α,β-unsaturated/α-hetero) is 1. The van der Waals surface area contributed by atoms with Gasteiger partial charge in [0.1, 0.15) is 0 Å². The van der Waals surface area contributed by atoms with Crippen molar-refractivity contribution >= 4 is 17.6 Å². The second-order valence-electron chi connectivity index (χ2n) is 10.00. The van der Waals surface area contributed by atoms with Gasteiger partial charge in [0.05, 0.1) is 12.1 Å². The largest absolute Gasteiger partial charge is 0.416 e. The Kier molecular flexibility index (Phi) is 8.63. The fourth-order valence-electron chi connectivity index (χ4n) is 5.32. The van der Waals surface area contributed by atoms with Gasteiger partial charge in [-0.2, -0.15) is 13.2 Å². The summed E-state index contributed by atoms with van der Waals surface area (Å²) in [7, 11) is 0. The topological polar surface area (TPSA) is 78.5 Å². The van der Waals surface area contributed by atoms with Crippen molar-refractivity contribution in [1.29, 1.82) is 0 Å². The van der Waals surface area contributed by atoms with E-state index >= 15 is 0 Å². The first-order valence-electron chi connectivity index (χ1n) is 12.8. The Labute approximate surface area is 214 Å². The van der Waals surface area contributed by atoms with E-state index < -0.39 is 17.6 Å². The van der Waals surface area contributed by atoms with Gasteiger partial charge in [0.25, 0.3) is 11.8 Å². The summed E-state index contributed by atoms with van der Waals surface area (Å²) in [5, 5.41) is 5.59. The molecule has 2 N–H and O–H groups in total. The second-order valence-corrected chi connectivity index (χ2v) is 10.00. The minimum atomic E-state index is -4.53. The number of halogens is 3. The summed E-state index contributed by atoms with van der Waals surface area (Å²) >= 11 is 0. The summed E-state index contributed by atoms with van der Waals surface area (Å²) in [6, 6.07) is 14.0. The molecule has 1 atom stereocenters. The molecule has 0 spiro atoms. The third kappa shape index (κ3) is 7.41. The molecular weight excluding hydrogens is 483 g/mol. The average molecular weight is 516 g/mol. The molecule has 0 radical (unpaired) electrons. The lowest BCUT2D eigenvalue weighted by molar-refractivity contribution is -0.137. The molecule has 0 bridgehead atoms. The number of amides is 2. The van der Waals surface area contributed by atoms with Crippen LogP contribution in [-0.2, 0) is 11.0 Å². The number of hydrogen-bond donors (Lipinski definition) is 2. The van der Waals surface area contributed by atoms with Gasteiger partial charge in [0.15, 0.2) is 5.78 Å². The number of alkyl halides is 3. The van der Waals surface area contributed by atoms with Crippen LogP contribution in [0.2, 0.25) is 0 Å². The summed E-state index contributed by atoms with van der Waals surface area (Å²) < 4.78 is 38.6. The number of hydrogen-bond acceptors (Lipinski definition) is 4. The SMILES string of the molecule is O=C(CNC(=O)c1cccc(C(F)(F)F)c1)C[C@@H]1CCN(C2CCC(NC(=O)c3ccccc3)CC2)C1. The minimum Gasteiger partial charge on any atom is -0.349 e. The van der Waals surface area contributed by atoms with Gasteiger partial charge in [-0.1, -0.05) is 24.3 Å². The number of benzene rings is 2. The van der Waals surface area contributed by atoms with Gasteiger partial charge in [0.2, 0.25) is 0 Å². The summed E-state index contributed by atoms with van der Waals surface area (Å²) in [5.74, 6) is -0.652. The molecule has 2 aromatic carbocycles. The molecule has 1 aliphatic heterocycles. The Morgan fingerprint density at radius 2 is 1.57 bits per heavy atom. The van der Waals surface area contributed by atoms with Gasteiger partial charge in [-0.25, -0.2) is 0 Å². The summed E-state index contributed by atoms with van der Waals surface area (Å²) in [6.45, 7) is 1.54. The number of likely N-dealkylation sites (tertiary alicyclic amines) is 1. The lowest BCUT2D eigenvalue weighted by atomic mass is 9.90. The van der Waals surface area contributed by atoms with E-state index in [9.17, 15) is 27.6 Å². The molecule has 1 aliphatic carbocycles. The van der Waals surface area contributed by atoms with Crippen molar-refractivity contribution in [1.82, 2.24) is 15.5 Å². The predicted molar refractivity (Wildman–Crippen MR) is 133 cm³/mol. The van der Waals surface area contributed by atoms with Crippen LogP contribution in [0.1, 0.15) is 64.8 Å². The number of carbonyl (C=O) groups is 3. The lowest BCUT2D eigenvalue weighted by Gasteiger charge is -2.35. The second kappa shape index (κ2) is 11.9. The molecule has 4 rings (SSSR count). The van der Waals surface area contributed by atoms with Crippen molar-refractivity contribution in [2.24, 2.45) is 5.92 Å². The van der Waals surface area contributed by atoms with Crippen LogP contribution in [-0.4, -0.2) is 54.2 Å². The van der Waals surface area contributed by atoms with Crippen LogP contribution in [0.3, 0.4) is 0 Å². The van der Waals surface area contributed by atoms with E-state index in [1.807, 2.05) is 30.3 Å². The number of rotatable bonds is 8. The molecular formula is C28H32F3N3O3. The Hall–Kier alpha value is -3.20. The predicted octanol–water partition coefficient (Wildman–Crippen LogP) is 4.46. The number of nitrogens with zero attached hydrogens (tertiary/aromatic N) is 1. The molecule has 0 aromatic heterocycles. The number of carbonyl (C=O) groups excluding carboxylic acids is 3. The highest BCUT2D eigenvalue weighted by atomic mass is 19.4. The van der Waals surface area contributed by atoms with Gasteiger partial charge in [-0.15, -0.1) is 0 Å². The average Bonchev–Trinajstić information content (AvgIpc) is 3.36. The van der Waals surface area contributed by atoms with Gasteiger partial charge in [0, 0.05) is 36.2 Å². The van der Waals surface area contributed by atoms with E-state index in [2.05, 4.69) is 15.5 Å². The van der Waals surface area contributed by atoms with Crippen LogP contribution >= 0.6 is 0 Å². The Morgan fingerprint density at radius 3 is 2.27 bits per heavy atom. The van der Waals surface area contributed by atoms with Crippen molar-refractivity contribution in [2.45, 2.75) is 56.8 Å². The third-order valence-electron chi connectivity index (χ3n) is 7.32. The standard InChI is InChI=1S/C28H32F3N3O3/c29-28(30,31)22-8-4-7-21(16-22)26(36)32-17-25(35)15-19-13-14-34(18-19)24-11-9-23(10-12-24)33-27(37)20-5-2-1-3-6-20/h1-8,16,19,23-24H,9-15,17-18H2,(H,32,36)(H,33,37)/t19-,23?,24?/m0/s1. The summed E-state index contributed by atoms with van der Waals surface area (Å²) in [6.07, 6.45) is 0.534. The molecule has 2 aromatic rings. The van der Waals surface area contributed by atoms with E-state index in [1.54, 1.807) is 0 Å². The molecule has 0 unspecified atom stereocenters. The molecule has 6 nitrogen and oxygen atoms in total. The highest BCUT2D eigenvalue weighted by molar-refractivity contribution is 5.97. The van der Waals surface area contributed by atoms with E-state index in [-0.39, 0.29) is 35.8 Å². The van der Waals surface area contributed by atoms with Crippen molar-refractivity contribution < 1.29 is 27.6 Å². The van der Waals surface area contributed by atoms with Crippen LogP contribution < -0.4 is 10.6 Å². The van der Waals surface area contributed by atoms with E-state index in [1.165, 1.54) is 12.1 Å². The molecule has 37 heavy (non-hydrogen) atoms. The highest BCUT2D eigenvalue weighted by Crippen LogP contribution is 2.30. The first kappa shape index (κ1) is 26.9. The van der Waals surface area contributed by atoms with E-state index in [0.29, 0.717) is 18.0 Å². The fourth-order valence-corrected chi connectivity index (χ4v) is 5.32. The molecule has 9 heteroatoms. The summed E-state index contributed by atoms with van der Waals surface area (Å²) in [5.41, 5.74) is -0.349. The molecule has 2 aliphatic rings.